The molecule has 0 unspecified atom stereocenters. The second-order valence-electron chi connectivity index (χ2n) is 11.6. The lowest BCUT2D eigenvalue weighted by Crippen LogP contribution is -2.70. The summed E-state index contributed by atoms with van der Waals surface area (Å²) in [5, 5.41) is 47.3. The summed E-state index contributed by atoms with van der Waals surface area (Å²) in [5.74, 6) is -3.66. The highest BCUT2D eigenvalue weighted by Gasteiger charge is 2.55. The number of fused-ring (bicyclic) bond motifs is 2. The Hall–Kier alpha value is -4.94. The van der Waals surface area contributed by atoms with Crippen molar-refractivity contribution >= 4 is 82.6 Å². The van der Waals surface area contributed by atoms with E-state index in [1.807, 2.05) is 0 Å². The van der Waals surface area contributed by atoms with Crippen LogP contribution in [0.1, 0.15) is 20.7 Å². The number of β-lactam (4-membered cyclic amide) rings is 2. The maximum absolute atomic E-state index is 13.1. The molecule has 0 saturated carbocycles. The Balaban J connectivity index is 0.947. The number of hydrogen-bond acceptors (Lipinski definition) is 16. The third-order valence-corrected chi connectivity index (χ3v) is 13.3. The Morgan fingerprint density at radius 3 is 1.44 bits per heavy atom. The molecule has 7 rings (SSSR count). The van der Waals surface area contributed by atoms with E-state index in [1.165, 1.54) is 90.5 Å². The number of carboxylic acid groups (broad SMARTS) is 2. The first kappa shape index (κ1) is 35.5. The molecule has 52 heavy (non-hydrogen) atoms. The predicted molar refractivity (Wildman–Crippen MR) is 184 cm³/mol. The Labute approximate surface area is 309 Å². The van der Waals surface area contributed by atoms with Gasteiger partial charge < -0.3 is 20.8 Å². The molecular weight excluding hydrogens is 761 g/mol. The first-order valence-corrected chi connectivity index (χ1v) is 19.2. The fraction of sp³-hybridized carbons (Fsp3) is 0.357. The number of thioether (sulfide) groups is 4. The summed E-state index contributed by atoms with van der Waals surface area (Å²) in [5.41, 5.74) is 1.12. The minimum atomic E-state index is -1.25. The number of carboxylic acids is 2. The number of tetrazole rings is 2. The highest BCUT2D eigenvalue weighted by atomic mass is 32.2. The number of benzene rings is 1. The van der Waals surface area contributed by atoms with E-state index in [-0.39, 0.29) is 34.0 Å². The number of carbonyl (C=O) groups excluding carboxylic acids is 4. The lowest BCUT2D eigenvalue weighted by Gasteiger charge is -2.49. The quantitative estimate of drug-likeness (QED) is 0.127. The van der Waals surface area contributed by atoms with E-state index in [4.69, 9.17) is 0 Å². The van der Waals surface area contributed by atoms with Gasteiger partial charge in [-0.3, -0.25) is 29.0 Å². The van der Waals surface area contributed by atoms with Crippen LogP contribution in [0.5, 0.6) is 0 Å². The lowest BCUT2D eigenvalue weighted by molar-refractivity contribution is -0.148. The molecule has 1 aromatic carbocycles. The van der Waals surface area contributed by atoms with Crippen LogP contribution in [0.2, 0.25) is 0 Å². The van der Waals surface area contributed by atoms with Crippen LogP contribution in [0.15, 0.2) is 57.1 Å². The number of aromatic nitrogens is 8. The second-order valence-corrected chi connectivity index (χ2v) is 15.7. The van der Waals surface area contributed by atoms with Crippen LogP contribution in [-0.2, 0) is 33.3 Å². The summed E-state index contributed by atoms with van der Waals surface area (Å²) < 4.78 is 2.91. The van der Waals surface area contributed by atoms with E-state index in [2.05, 4.69) is 41.7 Å². The minimum absolute atomic E-state index is 0.123. The largest absolute Gasteiger partial charge is 0.477 e. The van der Waals surface area contributed by atoms with E-state index in [1.54, 1.807) is 14.1 Å². The van der Waals surface area contributed by atoms with Gasteiger partial charge in [-0.05, 0) is 56.3 Å². The molecular formula is C28H26N12O8S4. The molecule has 2 saturated heterocycles. The van der Waals surface area contributed by atoms with Crippen molar-refractivity contribution in [2.75, 3.05) is 23.0 Å². The summed E-state index contributed by atoms with van der Waals surface area (Å²) in [7, 11) is 3.32. The summed E-state index contributed by atoms with van der Waals surface area (Å²) in [6.45, 7) is 0. The van der Waals surface area contributed by atoms with E-state index in [0.29, 0.717) is 33.0 Å². The smallest absolute Gasteiger partial charge is 0.352 e. The zero-order valence-electron chi connectivity index (χ0n) is 26.9. The summed E-state index contributed by atoms with van der Waals surface area (Å²) >= 11 is 5.15. The molecule has 0 spiro atoms. The van der Waals surface area contributed by atoms with Crippen molar-refractivity contribution in [3.05, 3.63) is 57.9 Å². The van der Waals surface area contributed by atoms with Gasteiger partial charge in [-0.15, -0.1) is 33.7 Å². The van der Waals surface area contributed by atoms with Crippen molar-refractivity contribution in [1.82, 2.24) is 60.8 Å². The predicted octanol–water partition coefficient (Wildman–Crippen LogP) is -0.977. The Kier molecular flexibility index (Phi) is 9.71. The number of hydrogen-bond donors (Lipinski definition) is 4. The number of nitrogens with one attached hydrogen (secondary N) is 2. The van der Waals surface area contributed by atoms with Crippen LogP contribution in [0.4, 0.5) is 0 Å². The number of aryl methyl sites for hydroxylation is 2. The van der Waals surface area contributed by atoms with Crippen molar-refractivity contribution in [2.45, 2.75) is 33.1 Å². The molecule has 4 atom stereocenters. The number of amides is 4. The van der Waals surface area contributed by atoms with Crippen molar-refractivity contribution in [2.24, 2.45) is 14.1 Å². The van der Waals surface area contributed by atoms with Gasteiger partial charge in [-0.25, -0.2) is 19.0 Å². The normalized spacial score (nSPS) is 22.3. The molecule has 20 nitrogen and oxygen atoms in total. The molecule has 4 aliphatic rings. The van der Waals surface area contributed by atoms with Crippen LogP contribution >= 0.6 is 47.0 Å². The van der Waals surface area contributed by atoms with E-state index in [9.17, 15) is 39.0 Å². The number of rotatable bonds is 12. The molecule has 4 aliphatic heterocycles. The average molecular weight is 787 g/mol. The number of aliphatic carboxylic acids is 2. The fourth-order valence-electron chi connectivity index (χ4n) is 5.80. The SMILES string of the molecule is Cn1nnnc1SCC1=C(C(=O)O)N2C(=O)[C@@H](NC(=O)c3ccc(C(=O)N[C@@H]4C(=O)N5C(C(=O)O)=C(CSc6nnnn6C)CS[C@H]45)cc3)[C@H]2SC1. The molecule has 3 aromatic rings. The van der Waals surface area contributed by atoms with Crippen LogP contribution in [0.3, 0.4) is 0 Å². The first-order chi connectivity index (χ1) is 24.9. The summed E-state index contributed by atoms with van der Waals surface area (Å²) in [4.78, 5) is 79.2. The van der Waals surface area contributed by atoms with Gasteiger partial charge in [0.1, 0.15) is 34.2 Å². The zero-order valence-corrected chi connectivity index (χ0v) is 30.2. The second kappa shape index (κ2) is 14.2. The van der Waals surface area contributed by atoms with Gasteiger partial charge in [0.15, 0.2) is 0 Å². The number of carbonyl (C=O) groups is 6. The standard InChI is InChI=1S/C28H26N12O8S4/c1-37-27(31-33-35-37)51-9-13-7-49-23-15(21(43)39(23)17(13)25(45)46)29-19(41)11-3-5-12(6-4-11)20(42)30-16-22(44)40-18(26(47)48)14(8-50-24(16)40)10-52-28-32-34-36-38(28)2/h3-6,15-16,23-24H,7-10H2,1-2H3,(H,29,41)(H,30,42)(H,45,46)(H,47,48)/t15-,16-,23-,24-/m1/s1. The fourth-order valence-corrected chi connectivity index (χ4v) is 10.5. The van der Waals surface area contributed by atoms with E-state index < -0.39 is 58.4 Å². The van der Waals surface area contributed by atoms with Gasteiger partial charge >= 0.3 is 11.9 Å². The Morgan fingerprint density at radius 2 is 1.12 bits per heavy atom. The third kappa shape index (κ3) is 6.38. The molecule has 0 radical (unpaired) electrons. The molecule has 2 fully saturated rings. The van der Waals surface area contributed by atoms with Gasteiger partial charge in [0.05, 0.1) is 0 Å². The molecule has 4 amide bonds. The van der Waals surface area contributed by atoms with Gasteiger partial charge in [0.25, 0.3) is 23.6 Å². The topological polar surface area (TPSA) is 261 Å². The Bertz CT molecular complexity index is 1940. The van der Waals surface area contributed by atoms with Crippen LogP contribution in [0, 0.1) is 0 Å². The molecule has 24 heteroatoms. The van der Waals surface area contributed by atoms with Gasteiger partial charge in [0.2, 0.25) is 10.3 Å². The molecule has 270 valence electrons. The Morgan fingerprint density at radius 1 is 0.731 bits per heavy atom. The van der Waals surface area contributed by atoms with Crippen LogP contribution in [0.25, 0.3) is 0 Å². The molecule has 0 aliphatic carbocycles. The highest BCUT2D eigenvalue weighted by Crippen LogP contribution is 2.43. The first-order valence-electron chi connectivity index (χ1n) is 15.2. The molecule has 6 heterocycles. The van der Waals surface area contributed by atoms with Crippen LogP contribution in [-0.4, -0.2) is 142 Å². The van der Waals surface area contributed by atoms with Gasteiger partial charge in [-0.2, -0.15) is 0 Å². The third-order valence-electron chi connectivity index (χ3n) is 8.40. The van der Waals surface area contributed by atoms with Crippen molar-refractivity contribution < 1.29 is 39.0 Å². The van der Waals surface area contributed by atoms with Crippen molar-refractivity contribution in [3.63, 3.8) is 0 Å². The molecule has 0 bridgehead atoms. The van der Waals surface area contributed by atoms with Crippen LogP contribution < -0.4 is 10.6 Å². The van der Waals surface area contributed by atoms with E-state index >= 15 is 0 Å². The van der Waals surface area contributed by atoms with Gasteiger partial charge in [0, 0.05) is 48.2 Å². The summed E-state index contributed by atoms with van der Waals surface area (Å²) in [6, 6.07) is 3.66. The van der Waals surface area contributed by atoms with E-state index in [0.717, 1.165) is 0 Å². The number of nitrogens with zero attached hydrogens (tertiary/aromatic N) is 10. The molecule has 2 aromatic heterocycles. The monoisotopic (exact) mass is 786 g/mol. The highest BCUT2D eigenvalue weighted by molar-refractivity contribution is 8.01. The lowest BCUT2D eigenvalue weighted by atomic mass is 10.0. The summed E-state index contributed by atoms with van der Waals surface area (Å²) in [6.07, 6.45) is 0. The van der Waals surface area contributed by atoms with Gasteiger partial charge in [-0.1, -0.05) is 23.5 Å². The maximum Gasteiger partial charge on any atom is 0.352 e. The maximum atomic E-state index is 13.1. The zero-order chi connectivity index (χ0) is 36.8. The van der Waals surface area contributed by atoms with Crippen molar-refractivity contribution in [3.8, 4) is 0 Å². The minimum Gasteiger partial charge on any atom is -0.477 e. The van der Waals surface area contributed by atoms with Crippen molar-refractivity contribution in [1.29, 1.82) is 0 Å². The molecule has 4 N–H and O–H groups in total. The average Bonchev–Trinajstić information content (AvgIpc) is 3.75.